The van der Waals surface area contributed by atoms with Gasteiger partial charge in [0.1, 0.15) is 5.82 Å². The summed E-state index contributed by atoms with van der Waals surface area (Å²) < 4.78 is 13.9. The predicted molar refractivity (Wildman–Crippen MR) is 71.7 cm³/mol. The second-order valence-corrected chi connectivity index (χ2v) is 4.62. The highest BCUT2D eigenvalue weighted by Crippen LogP contribution is 2.34. The second kappa shape index (κ2) is 4.25. The summed E-state index contributed by atoms with van der Waals surface area (Å²) in [4.78, 5) is 24.8. The first-order valence-electron chi connectivity index (χ1n) is 6.04. The number of amides is 1. The molecule has 20 heavy (non-hydrogen) atoms. The van der Waals surface area contributed by atoms with Crippen molar-refractivity contribution in [2.45, 2.75) is 5.54 Å². The lowest BCUT2D eigenvalue weighted by molar-refractivity contribution is -0.120. The summed E-state index contributed by atoms with van der Waals surface area (Å²) in [5.41, 5.74) is 4.41. The zero-order chi connectivity index (χ0) is 14.3. The van der Waals surface area contributed by atoms with Crippen LogP contribution in [0.5, 0.6) is 0 Å². The van der Waals surface area contributed by atoms with Gasteiger partial charge < -0.3 is 11.1 Å². The molecule has 2 aromatic carbocycles. The van der Waals surface area contributed by atoms with E-state index in [0.717, 1.165) is 0 Å². The van der Waals surface area contributed by atoms with E-state index in [0.29, 0.717) is 5.56 Å². The Hall–Kier alpha value is -2.53. The maximum absolute atomic E-state index is 13.9. The van der Waals surface area contributed by atoms with Crippen molar-refractivity contribution < 1.29 is 14.0 Å². The van der Waals surface area contributed by atoms with Crippen LogP contribution in [-0.2, 0) is 10.3 Å². The number of Topliss-reactive ketones (excluding diaryl/α,β-unsaturated/α-hetero) is 1. The highest BCUT2D eigenvalue weighted by molar-refractivity contribution is 6.27. The van der Waals surface area contributed by atoms with Gasteiger partial charge in [0, 0.05) is 0 Å². The number of nitrogens with two attached hydrogens (primary N) is 1. The van der Waals surface area contributed by atoms with Crippen molar-refractivity contribution in [3.05, 3.63) is 65.5 Å². The monoisotopic (exact) mass is 270 g/mol. The van der Waals surface area contributed by atoms with E-state index >= 15 is 0 Å². The van der Waals surface area contributed by atoms with Gasteiger partial charge in [0.2, 0.25) is 5.78 Å². The SMILES string of the molecule is NC1(c2ccccc2)C(=O)Nc2cccc(F)c2C1=O. The van der Waals surface area contributed by atoms with Gasteiger partial charge >= 0.3 is 0 Å². The van der Waals surface area contributed by atoms with Crippen molar-refractivity contribution in [2.24, 2.45) is 5.73 Å². The van der Waals surface area contributed by atoms with E-state index in [2.05, 4.69) is 5.32 Å². The zero-order valence-corrected chi connectivity index (χ0v) is 10.4. The summed E-state index contributed by atoms with van der Waals surface area (Å²) >= 11 is 0. The molecule has 2 aromatic rings. The van der Waals surface area contributed by atoms with Crippen LogP contribution in [0.15, 0.2) is 48.5 Å². The third-order valence-electron chi connectivity index (χ3n) is 3.43. The van der Waals surface area contributed by atoms with Crippen molar-refractivity contribution in [2.75, 3.05) is 5.32 Å². The number of halogens is 1. The molecular formula is C15H11FN2O2. The first kappa shape index (κ1) is 12.5. The van der Waals surface area contributed by atoms with Gasteiger partial charge in [0.15, 0.2) is 5.54 Å². The van der Waals surface area contributed by atoms with E-state index < -0.39 is 23.0 Å². The van der Waals surface area contributed by atoms with Crippen LogP contribution in [0.1, 0.15) is 15.9 Å². The van der Waals surface area contributed by atoms with Crippen LogP contribution in [0.3, 0.4) is 0 Å². The Morgan fingerprint density at radius 3 is 2.40 bits per heavy atom. The van der Waals surface area contributed by atoms with E-state index in [4.69, 9.17) is 5.73 Å². The largest absolute Gasteiger partial charge is 0.323 e. The molecule has 0 spiro atoms. The Balaban J connectivity index is 2.23. The Kier molecular flexibility index (Phi) is 2.65. The number of carbonyl (C=O) groups excluding carboxylic acids is 2. The lowest BCUT2D eigenvalue weighted by Gasteiger charge is -2.32. The highest BCUT2D eigenvalue weighted by Gasteiger charge is 2.49. The van der Waals surface area contributed by atoms with Gasteiger partial charge in [-0.2, -0.15) is 0 Å². The smallest absolute Gasteiger partial charge is 0.257 e. The molecule has 0 saturated carbocycles. The van der Waals surface area contributed by atoms with E-state index in [1.54, 1.807) is 30.3 Å². The summed E-state index contributed by atoms with van der Waals surface area (Å²) in [5, 5.41) is 2.50. The van der Waals surface area contributed by atoms with Gasteiger partial charge in [-0.05, 0) is 17.7 Å². The number of rotatable bonds is 1. The average Bonchev–Trinajstić information content (AvgIpc) is 2.45. The first-order chi connectivity index (χ1) is 9.55. The molecule has 3 rings (SSSR count). The van der Waals surface area contributed by atoms with Gasteiger partial charge in [-0.3, -0.25) is 9.59 Å². The maximum Gasteiger partial charge on any atom is 0.257 e. The summed E-state index contributed by atoms with van der Waals surface area (Å²) in [6.07, 6.45) is 0. The van der Waals surface area contributed by atoms with E-state index in [1.165, 1.54) is 18.2 Å². The summed E-state index contributed by atoms with van der Waals surface area (Å²) in [5.74, 6) is -2.09. The van der Waals surface area contributed by atoms with Gasteiger partial charge in [0.25, 0.3) is 5.91 Å². The Labute approximate surface area is 114 Å². The van der Waals surface area contributed by atoms with Gasteiger partial charge in [-0.1, -0.05) is 36.4 Å². The third-order valence-corrected chi connectivity index (χ3v) is 3.43. The third kappa shape index (κ3) is 1.57. The van der Waals surface area contributed by atoms with Crippen LogP contribution in [0.25, 0.3) is 0 Å². The molecule has 1 atom stereocenters. The van der Waals surface area contributed by atoms with E-state index in [-0.39, 0.29) is 11.3 Å². The number of ketones is 1. The molecule has 0 bridgehead atoms. The first-order valence-corrected chi connectivity index (χ1v) is 6.04. The van der Waals surface area contributed by atoms with E-state index in [9.17, 15) is 14.0 Å². The van der Waals surface area contributed by atoms with Crippen molar-refractivity contribution >= 4 is 17.4 Å². The zero-order valence-electron chi connectivity index (χ0n) is 10.4. The van der Waals surface area contributed by atoms with Crippen molar-refractivity contribution in [1.82, 2.24) is 0 Å². The van der Waals surface area contributed by atoms with Crippen LogP contribution in [0.2, 0.25) is 0 Å². The molecule has 1 aliphatic rings. The topological polar surface area (TPSA) is 72.2 Å². The molecular weight excluding hydrogens is 259 g/mol. The number of benzene rings is 2. The Morgan fingerprint density at radius 2 is 1.70 bits per heavy atom. The van der Waals surface area contributed by atoms with Gasteiger partial charge in [0.05, 0.1) is 11.3 Å². The number of hydrogen-bond donors (Lipinski definition) is 2. The molecule has 1 aliphatic heterocycles. The normalized spacial score (nSPS) is 21.3. The summed E-state index contributed by atoms with van der Waals surface area (Å²) in [6, 6.07) is 12.3. The number of hydrogen-bond acceptors (Lipinski definition) is 3. The highest BCUT2D eigenvalue weighted by atomic mass is 19.1. The summed E-state index contributed by atoms with van der Waals surface area (Å²) in [7, 11) is 0. The molecule has 0 aliphatic carbocycles. The lowest BCUT2D eigenvalue weighted by Crippen LogP contribution is -2.57. The molecule has 5 heteroatoms. The van der Waals surface area contributed by atoms with Gasteiger partial charge in [-0.15, -0.1) is 0 Å². The Morgan fingerprint density at radius 1 is 1.00 bits per heavy atom. The molecule has 3 N–H and O–H groups in total. The molecule has 1 amide bonds. The lowest BCUT2D eigenvalue weighted by atomic mass is 9.79. The van der Waals surface area contributed by atoms with E-state index in [1.807, 2.05) is 0 Å². The number of nitrogens with one attached hydrogen (secondary N) is 1. The van der Waals surface area contributed by atoms with Crippen LogP contribution in [0.4, 0.5) is 10.1 Å². The van der Waals surface area contributed by atoms with Crippen LogP contribution in [0, 0.1) is 5.82 Å². The number of anilines is 1. The van der Waals surface area contributed by atoms with Crippen LogP contribution in [-0.4, -0.2) is 11.7 Å². The average molecular weight is 270 g/mol. The fraction of sp³-hybridized carbons (Fsp3) is 0.0667. The number of fused-ring (bicyclic) bond motifs is 1. The molecule has 4 nitrogen and oxygen atoms in total. The van der Waals surface area contributed by atoms with Crippen LogP contribution >= 0.6 is 0 Å². The molecule has 0 aromatic heterocycles. The summed E-state index contributed by atoms with van der Waals surface area (Å²) in [6.45, 7) is 0. The quantitative estimate of drug-likeness (QED) is 0.776. The number of carbonyl (C=O) groups is 2. The standard InChI is InChI=1S/C15H11FN2O2/c16-10-7-4-8-11-12(10)13(19)15(17,14(20)18-11)9-5-2-1-3-6-9/h1-8H,17H2,(H,18,20). The fourth-order valence-electron chi connectivity index (χ4n) is 2.34. The predicted octanol–water partition coefficient (Wildman–Crippen LogP) is 1.81. The molecule has 0 fully saturated rings. The molecule has 0 radical (unpaired) electrons. The maximum atomic E-state index is 13.9. The molecule has 1 heterocycles. The minimum absolute atomic E-state index is 0.150. The van der Waals surface area contributed by atoms with Gasteiger partial charge in [-0.25, -0.2) is 4.39 Å². The minimum atomic E-state index is -1.91. The minimum Gasteiger partial charge on any atom is -0.323 e. The molecule has 1 unspecified atom stereocenters. The second-order valence-electron chi connectivity index (χ2n) is 4.62. The van der Waals surface area contributed by atoms with Crippen molar-refractivity contribution in [3.8, 4) is 0 Å². The molecule has 100 valence electrons. The Bertz CT molecular complexity index is 715. The fourth-order valence-corrected chi connectivity index (χ4v) is 2.34. The van der Waals surface area contributed by atoms with Crippen molar-refractivity contribution in [3.63, 3.8) is 0 Å². The van der Waals surface area contributed by atoms with Crippen molar-refractivity contribution in [1.29, 1.82) is 0 Å². The molecule has 0 saturated heterocycles. The van der Waals surface area contributed by atoms with Crippen LogP contribution < -0.4 is 11.1 Å².